The van der Waals surface area contributed by atoms with Crippen LogP contribution in [-0.2, 0) is 6.54 Å². The van der Waals surface area contributed by atoms with Gasteiger partial charge in [-0.1, -0.05) is 23.7 Å². The largest absolute Gasteiger partial charge is 0.352 e. The molecule has 0 aliphatic heterocycles. The van der Waals surface area contributed by atoms with Crippen molar-refractivity contribution in [1.82, 2.24) is 14.9 Å². The van der Waals surface area contributed by atoms with Gasteiger partial charge in [-0.25, -0.2) is 4.98 Å². The highest BCUT2D eigenvalue weighted by Crippen LogP contribution is 2.15. The number of nitrogens with one attached hydrogen (secondary N) is 2. The van der Waals surface area contributed by atoms with E-state index in [9.17, 15) is 9.59 Å². The Hall–Kier alpha value is -2.70. The molecule has 3 aromatic rings. The minimum Gasteiger partial charge on any atom is -0.352 e. The number of benzene rings is 1. The van der Waals surface area contributed by atoms with Crippen molar-refractivity contribution in [3.63, 3.8) is 0 Å². The highest BCUT2D eigenvalue weighted by Gasteiger charge is 2.16. The molecule has 0 atom stereocenters. The lowest BCUT2D eigenvalue weighted by atomic mass is 10.1. The number of rotatable bonds is 7. The quantitative estimate of drug-likeness (QED) is 0.589. The van der Waals surface area contributed by atoms with Crippen LogP contribution in [0.2, 0.25) is 5.02 Å². The predicted octanol–water partition coefficient (Wildman–Crippen LogP) is 1.36. The minimum absolute atomic E-state index is 0.131. The molecule has 0 saturated carbocycles. The maximum absolute atomic E-state index is 13.1. The van der Waals surface area contributed by atoms with Gasteiger partial charge in [0.1, 0.15) is 11.2 Å². The second-order valence-corrected chi connectivity index (χ2v) is 7.50. The Morgan fingerprint density at radius 1 is 1.21 bits per heavy atom. The zero-order valence-electron chi connectivity index (χ0n) is 16.0. The Balaban J connectivity index is 1.93. The summed E-state index contributed by atoms with van der Waals surface area (Å²) < 4.78 is 1.54. The van der Waals surface area contributed by atoms with E-state index in [0.717, 1.165) is 23.9 Å². The van der Waals surface area contributed by atoms with Gasteiger partial charge in [-0.3, -0.25) is 14.2 Å². The van der Waals surface area contributed by atoms with Crippen LogP contribution < -0.4 is 15.8 Å². The highest BCUT2D eigenvalue weighted by molar-refractivity contribution is 6.30. The van der Waals surface area contributed by atoms with Crippen molar-refractivity contribution in [2.24, 2.45) is 0 Å². The van der Waals surface area contributed by atoms with Gasteiger partial charge in [0.05, 0.1) is 27.2 Å². The lowest BCUT2D eigenvalue weighted by Gasteiger charge is -2.13. The number of pyridine rings is 2. The van der Waals surface area contributed by atoms with Gasteiger partial charge in [0, 0.05) is 29.6 Å². The van der Waals surface area contributed by atoms with E-state index >= 15 is 0 Å². The van der Waals surface area contributed by atoms with Gasteiger partial charge in [0.15, 0.2) is 0 Å². The number of nitrogens with zero attached hydrogens (tertiary/aromatic N) is 2. The summed E-state index contributed by atoms with van der Waals surface area (Å²) in [6.45, 7) is 1.79. The van der Waals surface area contributed by atoms with E-state index in [1.54, 1.807) is 30.5 Å². The third-order valence-corrected chi connectivity index (χ3v) is 4.74. The van der Waals surface area contributed by atoms with Crippen molar-refractivity contribution < 1.29 is 9.69 Å². The molecule has 1 aromatic carbocycles. The predicted molar refractivity (Wildman–Crippen MR) is 111 cm³/mol. The smallest absolute Gasteiger partial charge is 0.265 e. The Bertz CT molecular complexity index is 1030. The van der Waals surface area contributed by atoms with E-state index in [0.29, 0.717) is 23.8 Å². The fourth-order valence-corrected chi connectivity index (χ4v) is 3.15. The van der Waals surface area contributed by atoms with Crippen molar-refractivity contribution >= 4 is 28.5 Å². The maximum Gasteiger partial charge on any atom is 0.265 e. The van der Waals surface area contributed by atoms with Crippen LogP contribution in [0.1, 0.15) is 22.3 Å². The first-order valence-corrected chi connectivity index (χ1v) is 9.64. The van der Waals surface area contributed by atoms with Gasteiger partial charge < -0.3 is 10.2 Å². The molecule has 0 bridgehead atoms. The molecule has 2 heterocycles. The van der Waals surface area contributed by atoms with Crippen LogP contribution >= 0.6 is 11.6 Å². The number of amides is 1. The van der Waals surface area contributed by atoms with Crippen LogP contribution in [0, 0.1) is 0 Å². The Kier molecular flexibility index (Phi) is 6.44. The van der Waals surface area contributed by atoms with Gasteiger partial charge in [-0.15, -0.1) is 0 Å². The second-order valence-electron chi connectivity index (χ2n) is 7.06. The standard InChI is InChI=1S/C21H23ClN4O2/c1-25(2)12-4-11-24-20(27)18-13-16-5-3-10-23-19(16)26(21(18)28)14-15-6-8-17(22)9-7-15/h3,5-10,13H,4,11-12,14H2,1-2H3,(H,24,27)/p+1. The minimum atomic E-state index is -0.352. The van der Waals surface area contributed by atoms with Crippen molar-refractivity contribution in [2.75, 3.05) is 27.2 Å². The van der Waals surface area contributed by atoms with E-state index in [2.05, 4.69) is 24.4 Å². The van der Waals surface area contributed by atoms with Crippen LogP contribution in [0.5, 0.6) is 0 Å². The summed E-state index contributed by atoms with van der Waals surface area (Å²) in [6.07, 6.45) is 2.49. The number of hydrogen-bond acceptors (Lipinski definition) is 3. The van der Waals surface area contributed by atoms with Gasteiger partial charge >= 0.3 is 0 Å². The van der Waals surface area contributed by atoms with E-state index in [-0.39, 0.29) is 17.0 Å². The normalized spacial score (nSPS) is 11.1. The number of aromatic nitrogens is 2. The molecule has 1 amide bonds. The molecule has 0 aliphatic carbocycles. The third kappa shape index (κ3) is 4.77. The molecule has 6 nitrogen and oxygen atoms in total. The zero-order valence-corrected chi connectivity index (χ0v) is 16.8. The molecule has 0 spiro atoms. The Morgan fingerprint density at radius 3 is 2.68 bits per heavy atom. The summed E-state index contributed by atoms with van der Waals surface area (Å²) in [5.41, 5.74) is 1.24. The first kappa shape index (κ1) is 20.0. The zero-order chi connectivity index (χ0) is 20.1. The molecule has 0 unspecified atom stereocenters. The summed E-state index contributed by atoms with van der Waals surface area (Å²) in [4.78, 5) is 31.4. The van der Waals surface area contributed by atoms with E-state index < -0.39 is 0 Å². The molecule has 2 N–H and O–H groups in total. The molecule has 0 aliphatic rings. The fourth-order valence-electron chi connectivity index (χ4n) is 3.03. The van der Waals surface area contributed by atoms with Gasteiger partial charge in [-0.2, -0.15) is 0 Å². The molecular formula is C21H24ClN4O2+. The number of halogens is 1. The van der Waals surface area contributed by atoms with Crippen LogP contribution in [0.4, 0.5) is 0 Å². The Labute approximate surface area is 168 Å². The number of carbonyl (C=O) groups is 1. The van der Waals surface area contributed by atoms with Crippen LogP contribution in [0.3, 0.4) is 0 Å². The second kappa shape index (κ2) is 8.99. The first-order chi connectivity index (χ1) is 13.5. The number of quaternary nitrogens is 1. The number of carbonyl (C=O) groups excluding carboxylic acids is 1. The van der Waals surface area contributed by atoms with Crippen LogP contribution in [0.25, 0.3) is 11.0 Å². The van der Waals surface area contributed by atoms with Gasteiger partial charge in [0.25, 0.3) is 11.5 Å². The third-order valence-electron chi connectivity index (χ3n) is 4.49. The van der Waals surface area contributed by atoms with Crippen molar-refractivity contribution in [3.8, 4) is 0 Å². The molecule has 7 heteroatoms. The molecule has 3 rings (SSSR count). The molecular weight excluding hydrogens is 376 g/mol. The van der Waals surface area contributed by atoms with Crippen molar-refractivity contribution in [2.45, 2.75) is 13.0 Å². The molecule has 146 valence electrons. The topological polar surface area (TPSA) is 68.4 Å². The molecule has 0 fully saturated rings. The number of hydrogen-bond donors (Lipinski definition) is 2. The first-order valence-electron chi connectivity index (χ1n) is 9.26. The summed E-state index contributed by atoms with van der Waals surface area (Å²) in [5.74, 6) is -0.352. The van der Waals surface area contributed by atoms with Gasteiger partial charge in [0.2, 0.25) is 0 Å². The Morgan fingerprint density at radius 2 is 1.96 bits per heavy atom. The summed E-state index contributed by atoms with van der Waals surface area (Å²) in [6, 6.07) is 12.5. The van der Waals surface area contributed by atoms with Crippen molar-refractivity contribution in [3.05, 3.63) is 75.2 Å². The van der Waals surface area contributed by atoms with Crippen molar-refractivity contribution in [1.29, 1.82) is 0 Å². The average Bonchev–Trinajstić information content (AvgIpc) is 2.68. The van der Waals surface area contributed by atoms with Gasteiger partial charge in [-0.05, 0) is 35.9 Å². The summed E-state index contributed by atoms with van der Waals surface area (Å²) in [5, 5.41) is 4.24. The van der Waals surface area contributed by atoms with Crippen LogP contribution in [-0.4, -0.2) is 42.6 Å². The SMILES string of the molecule is C[NH+](C)CCCNC(=O)c1cc2cccnc2n(Cc2ccc(Cl)cc2)c1=O. The van der Waals surface area contributed by atoms with Crippen LogP contribution in [0.15, 0.2) is 53.5 Å². The molecule has 0 radical (unpaired) electrons. The summed E-state index contributed by atoms with van der Waals surface area (Å²) in [7, 11) is 4.13. The lowest BCUT2D eigenvalue weighted by molar-refractivity contribution is -0.858. The molecule has 0 saturated heterocycles. The molecule has 28 heavy (non-hydrogen) atoms. The van der Waals surface area contributed by atoms with E-state index in [1.807, 2.05) is 18.2 Å². The van der Waals surface area contributed by atoms with E-state index in [4.69, 9.17) is 11.6 Å². The lowest BCUT2D eigenvalue weighted by Crippen LogP contribution is -3.05. The fraction of sp³-hybridized carbons (Fsp3) is 0.286. The molecule has 2 aromatic heterocycles. The maximum atomic E-state index is 13.1. The monoisotopic (exact) mass is 399 g/mol. The average molecular weight is 400 g/mol. The summed E-state index contributed by atoms with van der Waals surface area (Å²) >= 11 is 5.95. The van der Waals surface area contributed by atoms with E-state index in [1.165, 1.54) is 9.47 Å². The highest BCUT2D eigenvalue weighted by atomic mass is 35.5. The number of fused-ring (bicyclic) bond motifs is 1.